The van der Waals surface area contributed by atoms with E-state index in [0.29, 0.717) is 17.7 Å². The van der Waals surface area contributed by atoms with Crippen LogP contribution in [0.4, 0.5) is 0 Å². The number of rotatable bonds is 4. The monoisotopic (exact) mass is 285 g/mol. The summed E-state index contributed by atoms with van der Waals surface area (Å²) < 4.78 is 0. The van der Waals surface area contributed by atoms with Crippen molar-refractivity contribution in [2.24, 2.45) is 5.92 Å². The summed E-state index contributed by atoms with van der Waals surface area (Å²) in [4.78, 5) is 2.69. The first-order valence-electron chi connectivity index (χ1n) is 8.23. The zero-order valence-electron chi connectivity index (χ0n) is 13.3. The molecular formula is C19H27NO. The lowest BCUT2D eigenvalue weighted by Crippen LogP contribution is -2.58. The van der Waals surface area contributed by atoms with Crippen molar-refractivity contribution in [1.29, 1.82) is 0 Å². The second kappa shape index (κ2) is 5.49. The van der Waals surface area contributed by atoms with Gasteiger partial charge in [0.25, 0.3) is 0 Å². The summed E-state index contributed by atoms with van der Waals surface area (Å²) in [5.74, 6) is 1.05. The molecule has 2 bridgehead atoms. The SMILES string of the molecule is C=CCCCN1CC[C@]2(C)c3cc(O)ccc3CC1[C@@H]2C. The highest BCUT2D eigenvalue weighted by Crippen LogP contribution is 2.49. The Morgan fingerprint density at radius 3 is 3.05 bits per heavy atom. The topological polar surface area (TPSA) is 23.5 Å². The first-order valence-corrected chi connectivity index (χ1v) is 8.23. The zero-order valence-corrected chi connectivity index (χ0v) is 13.3. The maximum absolute atomic E-state index is 9.86. The van der Waals surface area contributed by atoms with E-state index in [4.69, 9.17) is 0 Å². The van der Waals surface area contributed by atoms with Crippen LogP contribution in [-0.4, -0.2) is 29.1 Å². The van der Waals surface area contributed by atoms with Crippen LogP contribution in [0.2, 0.25) is 0 Å². The Balaban J connectivity index is 1.88. The molecule has 1 aliphatic heterocycles. The number of piperidine rings is 1. The number of hydrogen-bond donors (Lipinski definition) is 1. The molecule has 1 fully saturated rings. The van der Waals surface area contributed by atoms with Gasteiger partial charge in [-0.2, -0.15) is 0 Å². The van der Waals surface area contributed by atoms with Crippen molar-refractivity contribution in [3.05, 3.63) is 42.0 Å². The minimum Gasteiger partial charge on any atom is -0.508 e. The number of unbranched alkanes of at least 4 members (excludes halogenated alkanes) is 1. The van der Waals surface area contributed by atoms with Crippen molar-refractivity contribution in [2.45, 2.75) is 51.0 Å². The van der Waals surface area contributed by atoms with Crippen molar-refractivity contribution in [3.63, 3.8) is 0 Å². The van der Waals surface area contributed by atoms with E-state index in [1.165, 1.54) is 37.1 Å². The first kappa shape index (κ1) is 14.6. The van der Waals surface area contributed by atoms with Crippen molar-refractivity contribution in [2.75, 3.05) is 13.1 Å². The quantitative estimate of drug-likeness (QED) is 0.670. The Bertz CT molecular complexity index is 538. The lowest BCUT2D eigenvalue weighted by atomic mass is 9.59. The fraction of sp³-hybridized carbons (Fsp3) is 0.579. The molecule has 2 nitrogen and oxygen atoms in total. The van der Waals surface area contributed by atoms with Crippen LogP contribution in [0.3, 0.4) is 0 Å². The van der Waals surface area contributed by atoms with Gasteiger partial charge >= 0.3 is 0 Å². The minimum atomic E-state index is 0.214. The standard InChI is InChI=1S/C19H27NO/c1-4-5-6-10-20-11-9-19(3)14(2)18(20)12-15-7-8-16(21)13-17(15)19/h4,7-8,13-14,18,21H,1,5-6,9-12H2,2-3H3/t14-,18?,19-/m0/s1. The third-order valence-corrected chi connectivity index (χ3v) is 5.96. The second-order valence-electron chi connectivity index (χ2n) is 7.04. The number of likely N-dealkylation sites (tertiary alicyclic amines) is 1. The molecule has 0 amide bonds. The molecule has 1 aliphatic carbocycles. The predicted molar refractivity (Wildman–Crippen MR) is 87.7 cm³/mol. The molecule has 3 rings (SSSR count). The van der Waals surface area contributed by atoms with E-state index >= 15 is 0 Å². The highest BCUT2D eigenvalue weighted by Gasteiger charge is 2.48. The maximum atomic E-state index is 9.86. The van der Waals surface area contributed by atoms with Crippen molar-refractivity contribution < 1.29 is 5.11 Å². The Labute approximate surface area is 128 Å². The average Bonchev–Trinajstić information content (AvgIpc) is 2.46. The van der Waals surface area contributed by atoms with Crippen molar-refractivity contribution in [1.82, 2.24) is 4.90 Å². The Kier molecular flexibility index (Phi) is 3.83. The average molecular weight is 285 g/mol. The predicted octanol–water partition coefficient (Wildman–Crippen LogP) is 3.88. The number of benzene rings is 1. The van der Waals surface area contributed by atoms with Gasteiger partial charge in [-0.05, 0) is 73.4 Å². The van der Waals surface area contributed by atoms with Crippen LogP contribution in [0.1, 0.15) is 44.2 Å². The molecular weight excluding hydrogens is 258 g/mol. The van der Waals surface area contributed by atoms with Gasteiger partial charge in [0.05, 0.1) is 0 Å². The van der Waals surface area contributed by atoms with Gasteiger partial charge in [0.1, 0.15) is 5.75 Å². The number of aromatic hydroxyl groups is 1. The molecule has 1 heterocycles. The van der Waals surface area contributed by atoms with E-state index in [0.717, 1.165) is 12.8 Å². The number of phenolic OH excluding ortho intramolecular Hbond substituents is 1. The molecule has 3 atom stereocenters. The van der Waals surface area contributed by atoms with Crippen LogP contribution in [0, 0.1) is 5.92 Å². The van der Waals surface area contributed by atoms with E-state index in [2.05, 4.69) is 31.4 Å². The fourth-order valence-electron chi connectivity index (χ4n) is 4.41. The van der Waals surface area contributed by atoms with E-state index in [1.807, 2.05) is 18.2 Å². The van der Waals surface area contributed by atoms with Crippen LogP contribution in [0.25, 0.3) is 0 Å². The van der Waals surface area contributed by atoms with E-state index in [1.54, 1.807) is 0 Å². The van der Waals surface area contributed by atoms with Crippen LogP contribution in [0.5, 0.6) is 5.75 Å². The van der Waals surface area contributed by atoms with Crippen molar-refractivity contribution >= 4 is 0 Å². The van der Waals surface area contributed by atoms with Gasteiger partial charge in [0.2, 0.25) is 0 Å². The molecule has 114 valence electrons. The number of phenols is 1. The zero-order chi connectivity index (χ0) is 15.0. The van der Waals surface area contributed by atoms with Gasteiger partial charge < -0.3 is 5.11 Å². The molecule has 1 aromatic rings. The van der Waals surface area contributed by atoms with Crippen LogP contribution < -0.4 is 0 Å². The minimum absolute atomic E-state index is 0.214. The van der Waals surface area contributed by atoms with Crippen LogP contribution in [0.15, 0.2) is 30.9 Å². The highest BCUT2D eigenvalue weighted by atomic mass is 16.3. The fourth-order valence-corrected chi connectivity index (χ4v) is 4.41. The summed E-state index contributed by atoms with van der Waals surface area (Å²) in [6, 6.07) is 6.63. The third-order valence-electron chi connectivity index (χ3n) is 5.96. The Hall–Kier alpha value is -1.28. The molecule has 21 heavy (non-hydrogen) atoms. The first-order chi connectivity index (χ1) is 10.1. The van der Waals surface area contributed by atoms with Gasteiger partial charge in [-0.15, -0.1) is 6.58 Å². The second-order valence-corrected chi connectivity index (χ2v) is 7.04. The Morgan fingerprint density at radius 2 is 2.29 bits per heavy atom. The molecule has 0 saturated carbocycles. The molecule has 1 unspecified atom stereocenters. The summed E-state index contributed by atoms with van der Waals surface area (Å²) in [5, 5.41) is 9.86. The molecule has 2 heteroatoms. The van der Waals surface area contributed by atoms with E-state index in [-0.39, 0.29) is 5.41 Å². The maximum Gasteiger partial charge on any atom is 0.115 e. The molecule has 2 aliphatic rings. The van der Waals surface area contributed by atoms with Crippen LogP contribution in [-0.2, 0) is 11.8 Å². The third kappa shape index (κ3) is 2.40. The van der Waals surface area contributed by atoms with E-state index in [9.17, 15) is 5.11 Å². The summed E-state index contributed by atoms with van der Waals surface area (Å²) in [6.45, 7) is 11.0. The summed E-state index contributed by atoms with van der Waals surface area (Å²) in [7, 11) is 0. The number of fused-ring (bicyclic) bond motifs is 4. The largest absolute Gasteiger partial charge is 0.508 e. The number of nitrogens with zero attached hydrogens (tertiary/aromatic N) is 1. The lowest BCUT2D eigenvalue weighted by molar-refractivity contribution is 0.0309. The smallest absolute Gasteiger partial charge is 0.115 e. The van der Waals surface area contributed by atoms with Crippen molar-refractivity contribution in [3.8, 4) is 5.75 Å². The number of hydrogen-bond acceptors (Lipinski definition) is 2. The van der Waals surface area contributed by atoms with Gasteiger partial charge in [-0.25, -0.2) is 0 Å². The van der Waals surface area contributed by atoms with Crippen LogP contribution >= 0.6 is 0 Å². The molecule has 1 N–H and O–H groups in total. The molecule has 0 aromatic heterocycles. The summed E-state index contributed by atoms with van der Waals surface area (Å²) in [5.41, 5.74) is 3.04. The normalized spacial score (nSPS) is 31.7. The number of allylic oxidation sites excluding steroid dienone is 1. The highest BCUT2D eigenvalue weighted by molar-refractivity contribution is 5.44. The summed E-state index contributed by atoms with van der Waals surface area (Å²) in [6.07, 6.45) is 6.66. The Morgan fingerprint density at radius 1 is 1.48 bits per heavy atom. The van der Waals surface area contributed by atoms with Gasteiger partial charge in [0, 0.05) is 6.04 Å². The lowest BCUT2D eigenvalue weighted by Gasteiger charge is -2.54. The van der Waals surface area contributed by atoms with Gasteiger partial charge in [-0.1, -0.05) is 26.0 Å². The molecule has 1 saturated heterocycles. The molecule has 0 spiro atoms. The van der Waals surface area contributed by atoms with Gasteiger partial charge in [0.15, 0.2) is 0 Å². The molecule has 0 radical (unpaired) electrons. The van der Waals surface area contributed by atoms with Gasteiger partial charge in [-0.3, -0.25) is 4.90 Å². The van der Waals surface area contributed by atoms with E-state index < -0.39 is 0 Å². The molecule has 1 aromatic carbocycles. The summed E-state index contributed by atoms with van der Waals surface area (Å²) >= 11 is 0.